The van der Waals surface area contributed by atoms with E-state index in [0.717, 1.165) is 76.2 Å². The van der Waals surface area contributed by atoms with Crippen LogP contribution in [0.3, 0.4) is 0 Å². The highest BCUT2D eigenvalue weighted by Gasteiger charge is 2.28. The molecule has 0 saturated carbocycles. The van der Waals surface area contributed by atoms with Crippen LogP contribution in [0.5, 0.6) is 0 Å². The molecule has 4 rings (SSSR count). The first kappa shape index (κ1) is 17.9. The van der Waals surface area contributed by atoms with Gasteiger partial charge < -0.3 is 14.2 Å². The molecule has 0 N–H and O–H groups in total. The van der Waals surface area contributed by atoms with Gasteiger partial charge in [-0.05, 0) is 25.0 Å². The van der Waals surface area contributed by atoms with E-state index in [9.17, 15) is 5.26 Å². The highest BCUT2D eigenvalue weighted by Crippen LogP contribution is 2.29. The third-order valence-electron chi connectivity index (χ3n) is 5.46. The SMILES string of the molecule is Cn1c(CN2CCOCC2)nnc1C1CCCN(c2ncccc2C#N)C1. The average molecular weight is 367 g/mol. The molecule has 0 amide bonds. The van der Waals surface area contributed by atoms with Crippen molar-refractivity contribution < 1.29 is 4.74 Å². The van der Waals surface area contributed by atoms with E-state index < -0.39 is 0 Å². The molecule has 142 valence electrons. The Morgan fingerprint density at radius 1 is 1.26 bits per heavy atom. The summed E-state index contributed by atoms with van der Waals surface area (Å²) in [4.78, 5) is 9.02. The molecule has 0 aromatic carbocycles. The highest BCUT2D eigenvalue weighted by molar-refractivity contribution is 5.53. The first-order chi connectivity index (χ1) is 13.3. The fraction of sp³-hybridized carbons (Fsp3) is 0.579. The summed E-state index contributed by atoms with van der Waals surface area (Å²) in [6.45, 7) is 5.99. The number of pyridine rings is 1. The average Bonchev–Trinajstić information content (AvgIpc) is 3.09. The zero-order valence-electron chi connectivity index (χ0n) is 15.7. The lowest BCUT2D eigenvalue weighted by Crippen LogP contribution is -2.37. The minimum Gasteiger partial charge on any atom is -0.379 e. The number of hydrogen-bond acceptors (Lipinski definition) is 7. The Morgan fingerprint density at radius 2 is 2.11 bits per heavy atom. The maximum absolute atomic E-state index is 9.38. The van der Waals surface area contributed by atoms with Crippen molar-refractivity contribution in [1.82, 2.24) is 24.6 Å². The number of ether oxygens (including phenoxy) is 1. The van der Waals surface area contributed by atoms with Crippen molar-refractivity contribution in [3.63, 3.8) is 0 Å². The van der Waals surface area contributed by atoms with Gasteiger partial charge >= 0.3 is 0 Å². The third kappa shape index (κ3) is 3.80. The number of nitriles is 1. The van der Waals surface area contributed by atoms with Crippen molar-refractivity contribution in [2.24, 2.45) is 7.05 Å². The summed E-state index contributed by atoms with van der Waals surface area (Å²) in [7, 11) is 2.06. The van der Waals surface area contributed by atoms with Crippen molar-refractivity contribution in [3.05, 3.63) is 35.5 Å². The molecule has 8 heteroatoms. The van der Waals surface area contributed by atoms with E-state index in [0.29, 0.717) is 11.5 Å². The number of hydrogen-bond donors (Lipinski definition) is 0. The molecule has 0 spiro atoms. The van der Waals surface area contributed by atoms with Gasteiger partial charge in [-0.2, -0.15) is 5.26 Å². The Labute approximate surface area is 159 Å². The summed E-state index contributed by atoms with van der Waals surface area (Å²) in [6.07, 6.45) is 3.88. The van der Waals surface area contributed by atoms with Crippen molar-refractivity contribution in [1.29, 1.82) is 5.26 Å². The Kier molecular flexibility index (Phi) is 5.32. The number of anilines is 1. The Balaban J connectivity index is 1.49. The molecule has 2 aromatic heterocycles. The lowest BCUT2D eigenvalue weighted by atomic mass is 9.96. The van der Waals surface area contributed by atoms with Crippen LogP contribution < -0.4 is 4.90 Å². The second-order valence-electron chi connectivity index (χ2n) is 7.19. The van der Waals surface area contributed by atoms with Gasteiger partial charge in [0.25, 0.3) is 0 Å². The summed E-state index contributed by atoms with van der Waals surface area (Å²) in [5.74, 6) is 3.10. The van der Waals surface area contributed by atoms with E-state index in [1.165, 1.54) is 0 Å². The predicted molar refractivity (Wildman–Crippen MR) is 100 cm³/mol. The second-order valence-corrected chi connectivity index (χ2v) is 7.19. The number of aromatic nitrogens is 4. The van der Waals surface area contributed by atoms with Crippen LogP contribution in [0.4, 0.5) is 5.82 Å². The molecule has 2 aromatic rings. The molecule has 0 aliphatic carbocycles. The highest BCUT2D eigenvalue weighted by atomic mass is 16.5. The molecule has 2 aliphatic rings. The number of morpholine rings is 1. The molecule has 2 aliphatic heterocycles. The molecule has 27 heavy (non-hydrogen) atoms. The van der Waals surface area contributed by atoms with Gasteiger partial charge in [0.2, 0.25) is 0 Å². The van der Waals surface area contributed by atoms with Gasteiger partial charge in [-0.1, -0.05) is 0 Å². The zero-order valence-corrected chi connectivity index (χ0v) is 15.7. The molecule has 2 saturated heterocycles. The molecular formula is C19H25N7O. The quantitative estimate of drug-likeness (QED) is 0.805. The molecular weight excluding hydrogens is 342 g/mol. The molecule has 1 atom stereocenters. The lowest BCUT2D eigenvalue weighted by Gasteiger charge is -2.33. The Bertz CT molecular complexity index is 822. The standard InChI is InChI=1S/C19H25N7O/c1-24-17(14-25-8-10-27-11-9-25)22-23-19(24)16-5-3-7-26(13-16)18-15(12-20)4-2-6-21-18/h2,4,6,16H,3,5,7-11,13-14H2,1H3. The predicted octanol–water partition coefficient (Wildman–Crippen LogP) is 1.30. The van der Waals surface area contributed by atoms with Crippen LogP contribution >= 0.6 is 0 Å². The zero-order chi connectivity index (χ0) is 18.6. The first-order valence-corrected chi connectivity index (χ1v) is 9.54. The van der Waals surface area contributed by atoms with Crippen LogP contribution in [0.25, 0.3) is 0 Å². The molecule has 4 heterocycles. The van der Waals surface area contributed by atoms with E-state index >= 15 is 0 Å². The normalized spacial score (nSPS) is 21.2. The first-order valence-electron chi connectivity index (χ1n) is 9.54. The fourth-order valence-electron chi connectivity index (χ4n) is 3.94. The maximum Gasteiger partial charge on any atom is 0.146 e. The number of rotatable bonds is 4. The van der Waals surface area contributed by atoms with Gasteiger partial charge in [-0.25, -0.2) is 4.98 Å². The minimum atomic E-state index is 0.295. The van der Waals surface area contributed by atoms with Gasteiger partial charge in [0.05, 0.1) is 25.3 Å². The summed E-state index contributed by atoms with van der Waals surface area (Å²) in [5.41, 5.74) is 0.629. The van der Waals surface area contributed by atoms with Crippen LogP contribution in [-0.2, 0) is 18.3 Å². The van der Waals surface area contributed by atoms with Gasteiger partial charge in [0.1, 0.15) is 23.5 Å². The second kappa shape index (κ2) is 8.03. The van der Waals surface area contributed by atoms with E-state index in [-0.39, 0.29) is 0 Å². The fourth-order valence-corrected chi connectivity index (χ4v) is 3.94. The van der Waals surface area contributed by atoms with E-state index in [4.69, 9.17) is 4.74 Å². The minimum absolute atomic E-state index is 0.295. The van der Waals surface area contributed by atoms with Crippen molar-refractivity contribution in [3.8, 4) is 6.07 Å². The third-order valence-corrected chi connectivity index (χ3v) is 5.46. The molecule has 2 fully saturated rings. The van der Waals surface area contributed by atoms with E-state index in [2.05, 4.69) is 42.7 Å². The van der Waals surface area contributed by atoms with Crippen LogP contribution in [0.2, 0.25) is 0 Å². The van der Waals surface area contributed by atoms with Gasteiger partial charge in [-0.15, -0.1) is 10.2 Å². The summed E-state index contributed by atoms with van der Waals surface area (Å²) in [5, 5.41) is 18.4. The van der Waals surface area contributed by atoms with Crippen LogP contribution in [0, 0.1) is 11.3 Å². The molecule has 8 nitrogen and oxygen atoms in total. The van der Waals surface area contributed by atoms with E-state index in [1.807, 2.05) is 12.1 Å². The van der Waals surface area contributed by atoms with Crippen molar-refractivity contribution >= 4 is 5.82 Å². The van der Waals surface area contributed by atoms with Gasteiger partial charge in [0, 0.05) is 45.3 Å². The summed E-state index contributed by atoms with van der Waals surface area (Å²) < 4.78 is 7.57. The number of nitrogens with zero attached hydrogens (tertiary/aromatic N) is 7. The molecule has 0 bridgehead atoms. The van der Waals surface area contributed by atoms with E-state index in [1.54, 1.807) is 6.20 Å². The maximum atomic E-state index is 9.38. The van der Waals surface area contributed by atoms with Gasteiger partial charge in [0.15, 0.2) is 0 Å². The molecule has 1 unspecified atom stereocenters. The topological polar surface area (TPSA) is 83.1 Å². The van der Waals surface area contributed by atoms with Crippen molar-refractivity contribution in [2.75, 3.05) is 44.3 Å². The largest absolute Gasteiger partial charge is 0.379 e. The smallest absolute Gasteiger partial charge is 0.146 e. The van der Waals surface area contributed by atoms with Crippen LogP contribution in [-0.4, -0.2) is 64.0 Å². The Hall–Kier alpha value is -2.50. The van der Waals surface area contributed by atoms with Gasteiger partial charge in [-0.3, -0.25) is 4.90 Å². The number of piperidine rings is 1. The summed E-state index contributed by atoms with van der Waals surface area (Å²) >= 11 is 0. The van der Waals surface area contributed by atoms with Crippen molar-refractivity contribution in [2.45, 2.75) is 25.3 Å². The lowest BCUT2D eigenvalue weighted by molar-refractivity contribution is 0.0326. The molecule has 0 radical (unpaired) electrons. The monoisotopic (exact) mass is 367 g/mol. The van der Waals surface area contributed by atoms with Crippen LogP contribution in [0.15, 0.2) is 18.3 Å². The van der Waals surface area contributed by atoms with Crippen LogP contribution in [0.1, 0.15) is 36.0 Å². The summed E-state index contributed by atoms with van der Waals surface area (Å²) in [6, 6.07) is 5.89. The Morgan fingerprint density at radius 3 is 2.93 bits per heavy atom.